The Kier molecular flexibility index (Phi) is 4.32. The van der Waals surface area contributed by atoms with Gasteiger partial charge in [-0.1, -0.05) is 30.3 Å². The van der Waals surface area contributed by atoms with Crippen LogP contribution in [0.1, 0.15) is 17.5 Å². The summed E-state index contributed by atoms with van der Waals surface area (Å²) in [6, 6.07) is 13.7. The van der Waals surface area contributed by atoms with E-state index in [4.69, 9.17) is 0 Å². The molecule has 0 aliphatic carbocycles. The molecule has 0 spiro atoms. The fraction of sp³-hybridized carbons (Fsp3) is 0.300. The molecule has 0 unspecified atom stereocenters. The first kappa shape index (κ1) is 16.6. The molecule has 1 atom stereocenters. The second kappa shape index (κ2) is 6.78. The third-order valence-corrected chi connectivity index (χ3v) is 4.99. The number of amides is 3. The SMILES string of the molecule is O=C(N[C@H]1CC(=O)N(c2cccc(F)c2)C1)N1CCc2ccccc2C1. The van der Waals surface area contributed by atoms with Gasteiger partial charge < -0.3 is 15.1 Å². The van der Waals surface area contributed by atoms with E-state index in [-0.39, 0.29) is 30.2 Å². The lowest BCUT2D eigenvalue weighted by Crippen LogP contribution is -2.47. The average molecular weight is 353 g/mol. The summed E-state index contributed by atoms with van der Waals surface area (Å²) in [5.41, 5.74) is 2.97. The van der Waals surface area contributed by atoms with E-state index in [9.17, 15) is 14.0 Å². The Bertz CT molecular complexity index is 854. The number of benzene rings is 2. The van der Waals surface area contributed by atoms with Gasteiger partial charge in [0.1, 0.15) is 5.82 Å². The summed E-state index contributed by atoms with van der Waals surface area (Å²) in [5, 5.41) is 2.95. The zero-order valence-corrected chi connectivity index (χ0v) is 14.3. The van der Waals surface area contributed by atoms with Crippen LogP contribution in [0.4, 0.5) is 14.9 Å². The van der Waals surface area contributed by atoms with E-state index >= 15 is 0 Å². The third kappa shape index (κ3) is 3.27. The van der Waals surface area contributed by atoms with Crippen molar-refractivity contribution in [3.63, 3.8) is 0 Å². The number of hydrogen-bond acceptors (Lipinski definition) is 2. The molecule has 0 aromatic heterocycles. The number of rotatable bonds is 2. The number of halogens is 1. The molecule has 0 radical (unpaired) electrons. The Morgan fingerprint density at radius 1 is 1.12 bits per heavy atom. The van der Waals surface area contributed by atoms with Gasteiger partial charge in [-0.25, -0.2) is 9.18 Å². The van der Waals surface area contributed by atoms with Gasteiger partial charge in [-0.15, -0.1) is 0 Å². The maximum atomic E-state index is 13.4. The molecule has 2 aliphatic rings. The number of fused-ring (bicyclic) bond motifs is 1. The van der Waals surface area contributed by atoms with Crippen LogP contribution >= 0.6 is 0 Å². The fourth-order valence-corrected chi connectivity index (χ4v) is 3.63. The zero-order chi connectivity index (χ0) is 18.1. The van der Waals surface area contributed by atoms with Crippen molar-refractivity contribution in [3.8, 4) is 0 Å². The Morgan fingerprint density at radius 2 is 1.92 bits per heavy atom. The standard InChI is InChI=1S/C20H20FN3O2/c21-16-6-3-7-18(10-16)24-13-17(11-19(24)25)22-20(26)23-9-8-14-4-1-2-5-15(14)12-23/h1-7,10,17H,8-9,11-13H2,(H,22,26)/t17-/m0/s1. The lowest BCUT2D eigenvalue weighted by molar-refractivity contribution is -0.117. The molecule has 1 N–H and O–H groups in total. The number of nitrogens with one attached hydrogen (secondary N) is 1. The summed E-state index contributed by atoms with van der Waals surface area (Å²) in [5.74, 6) is -0.486. The topological polar surface area (TPSA) is 52.7 Å². The van der Waals surface area contributed by atoms with Gasteiger partial charge in [-0.2, -0.15) is 0 Å². The Morgan fingerprint density at radius 3 is 2.73 bits per heavy atom. The van der Waals surface area contributed by atoms with Crippen LogP contribution in [0.3, 0.4) is 0 Å². The minimum atomic E-state index is -0.380. The molecule has 2 aromatic carbocycles. The summed E-state index contributed by atoms with van der Waals surface area (Å²) < 4.78 is 13.4. The fourth-order valence-electron chi connectivity index (χ4n) is 3.63. The molecular weight excluding hydrogens is 333 g/mol. The van der Waals surface area contributed by atoms with Crippen LogP contribution < -0.4 is 10.2 Å². The van der Waals surface area contributed by atoms with Gasteiger partial charge >= 0.3 is 6.03 Å². The second-order valence-electron chi connectivity index (χ2n) is 6.78. The molecule has 1 saturated heterocycles. The number of carbonyl (C=O) groups is 2. The van der Waals surface area contributed by atoms with Crippen molar-refractivity contribution in [1.82, 2.24) is 10.2 Å². The molecule has 3 amide bonds. The highest BCUT2D eigenvalue weighted by molar-refractivity contribution is 5.96. The van der Waals surface area contributed by atoms with Crippen molar-refractivity contribution in [2.45, 2.75) is 25.4 Å². The van der Waals surface area contributed by atoms with Gasteiger partial charge in [0.25, 0.3) is 0 Å². The predicted molar refractivity (Wildman–Crippen MR) is 96.2 cm³/mol. The van der Waals surface area contributed by atoms with Crippen molar-refractivity contribution in [2.75, 3.05) is 18.0 Å². The van der Waals surface area contributed by atoms with Gasteiger partial charge in [0.2, 0.25) is 5.91 Å². The van der Waals surface area contributed by atoms with Crippen molar-refractivity contribution < 1.29 is 14.0 Å². The minimum Gasteiger partial charge on any atom is -0.333 e. The molecular formula is C20H20FN3O2. The Balaban J connectivity index is 1.39. The van der Waals surface area contributed by atoms with E-state index in [1.807, 2.05) is 18.2 Å². The molecule has 0 saturated carbocycles. The normalized spacial score (nSPS) is 19.4. The molecule has 0 bridgehead atoms. The first-order valence-corrected chi connectivity index (χ1v) is 8.78. The summed E-state index contributed by atoms with van der Waals surface area (Å²) in [6.07, 6.45) is 1.06. The van der Waals surface area contributed by atoms with Crippen LogP contribution in [-0.2, 0) is 17.8 Å². The molecule has 26 heavy (non-hydrogen) atoms. The van der Waals surface area contributed by atoms with E-state index in [1.165, 1.54) is 22.6 Å². The highest BCUT2D eigenvalue weighted by Crippen LogP contribution is 2.23. The van der Waals surface area contributed by atoms with Crippen LogP contribution in [0.2, 0.25) is 0 Å². The van der Waals surface area contributed by atoms with E-state index in [0.717, 1.165) is 12.0 Å². The summed E-state index contributed by atoms with van der Waals surface area (Å²) in [6.45, 7) is 1.60. The maximum Gasteiger partial charge on any atom is 0.318 e. The van der Waals surface area contributed by atoms with E-state index in [0.29, 0.717) is 25.3 Å². The van der Waals surface area contributed by atoms with Crippen LogP contribution in [0, 0.1) is 5.82 Å². The number of carbonyl (C=O) groups excluding carboxylic acids is 2. The average Bonchev–Trinajstić information content (AvgIpc) is 3.01. The lowest BCUT2D eigenvalue weighted by atomic mass is 10.0. The molecule has 5 nitrogen and oxygen atoms in total. The molecule has 2 aliphatic heterocycles. The number of anilines is 1. The summed E-state index contributed by atoms with van der Waals surface area (Å²) >= 11 is 0. The van der Waals surface area contributed by atoms with Gasteiger partial charge in [0.15, 0.2) is 0 Å². The minimum absolute atomic E-state index is 0.107. The first-order chi connectivity index (χ1) is 12.6. The molecule has 2 heterocycles. The van der Waals surface area contributed by atoms with E-state index < -0.39 is 0 Å². The Labute approximate surface area is 151 Å². The summed E-state index contributed by atoms with van der Waals surface area (Å²) in [4.78, 5) is 28.2. The van der Waals surface area contributed by atoms with Crippen LogP contribution in [0.15, 0.2) is 48.5 Å². The number of nitrogens with zero attached hydrogens (tertiary/aromatic N) is 2. The highest BCUT2D eigenvalue weighted by atomic mass is 19.1. The molecule has 134 valence electrons. The van der Waals surface area contributed by atoms with Crippen molar-refractivity contribution in [1.29, 1.82) is 0 Å². The van der Waals surface area contributed by atoms with Gasteiger partial charge in [-0.05, 0) is 35.7 Å². The third-order valence-electron chi connectivity index (χ3n) is 4.99. The van der Waals surface area contributed by atoms with Crippen molar-refractivity contribution in [3.05, 3.63) is 65.5 Å². The van der Waals surface area contributed by atoms with Crippen molar-refractivity contribution >= 4 is 17.6 Å². The lowest BCUT2D eigenvalue weighted by Gasteiger charge is -2.30. The van der Waals surface area contributed by atoms with Crippen LogP contribution in [0.5, 0.6) is 0 Å². The number of urea groups is 1. The molecule has 6 heteroatoms. The van der Waals surface area contributed by atoms with Gasteiger partial charge in [0, 0.05) is 31.7 Å². The number of hydrogen-bond donors (Lipinski definition) is 1. The molecule has 2 aromatic rings. The maximum absolute atomic E-state index is 13.4. The van der Waals surface area contributed by atoms with E-state index in [2.05, 4.69) is 11.4 Å². The largest absolute Gasteiger partial charge is 0.333 e. The highest BCUT2D eigenvalue weighted by Gasteiger charge is 2.33. The second-order valence-corrected chi connectivity index (χ2v) is 6.78. The van der Waals surface area contributed by atoms with Gasteiger partial charge in [-0.3, -0.25) is 4.79 Å². The van der Waals surface area contributed by atoms with Gasteiger partial charge in [0.05, 0.1) is 6.04 Å². The molecule has 1 fully saturated rings. The smallest absolute Gasteiger partial charge is 0.318 e. The van der Waals surface area contributed by atoms with Crippen molar-refractivity contribution in [2.24, 2.45) is 0 Å². The van der Waals surface area contributed by atoms with Crippen LogP contribution in [-0.4, -0.2) is 36.0 Å². The zero-order valence-electron chi connectivity index (χ0n) is 14.3. The summed E-state index contributed by atoms with van der Waals surface area (Å²) in [7, 11) is 0. The monoisotopic (exact) mass is 353 g/mol. The predicted octanol–water partition coefficient (Wildman–Crippen LogP) is 2.70. The Hall–Kier alpha value is -2.89. The molecule has 4 rings (SSSR count). The quantitative estimate of drug-likeness (QED) is 0.903. The van der Waals surface area contributed by atoms with Crippen LogP contribution in [0.25, 0.3) is 0 Å². The van der Waals surface area contributed by atoms with E-state index in [1.54, 1.807) is 17.0 Å². The first-order valence-electron chi connectivity index (χ1n) is 8.78.